The molecule has 4 aromatic rings. The maximum absolute atomic E-state index is 4.89. The highest BCUT2D eigenvalue weighted by Crippen LogP contribution is 2.31. The predicted octanol–water partition coefficient (Wildman–Crippen LogP) is 4.70. The number of hydrogen-bond acceptors (Lipinski definition) is 2. The quantitative estimate of drug-likeness (QED) is 0.537. The first-order valence-electron chi connectivity index (χ1n) is 7.72. The average Bonchev–Trinajstić information content (AvgIpc) is 2.96. The van der Waals surface area contributed by atoms with E-state index in [1.807, 2.05) is 48.0 Å². The first-order valence-corrected chi connectivity index (χ1v) is 7.72. The lowest BCUT2D eigenvalue weighted by molar-refractivity contribution is 0.898. The molecule has 0 amide bonds. The summed E-state index contributed by atoms with van der Waals surface area (Å²) in [7, 11) is 0. The number of rotatable bonds is 2. The van der Waals surface area contributed by atoms with Crippen molar-refractivity contribution in [1.82, 2.24) is 14.8 Å². The molecule has 0 saturated heterocycles. The molecule has 4 rings (SSSR count). The third kappa shape index (κ3) is 2.30. The Hall–Kier alpha value is -2.94. The van der Waals surface area contributed by atoms with Gasteiger partial charge in [-0.1, -0.05) is 48.5 Å². The molecule has 3 heteroatoms. The Bertz CT molecular complexity index is 970. The van der Waals surface area contributed by atoms with Crippen LogP contribution < -0.4 is 0 Å². The summed E-state index contributed by atoms with van der Waals surface area (Å²) in [6.07, 6.45) is 0. The molecule has 2 heterocycles. The largest absolute Gasteiger partial charge is 0.233 e. The zero-order chi connectivity index (χ0) is 15.8. The molecular weight excluding hydrogens is 282 g/mol. The lowest BCUT2D eigenvalue weighted by Gasteiger charge is -2.04. The number of fused-ring (bicyclic) bond motifs is 1. The maximum Gasteiger partial charge on any atom is 0.164 e. The molecule has 0 fully saturated rings. The summed E-state index contributed by atoms with van der Waals surface area (Å²) in [5.74, 6) is 0. The van der Waals surface area contributed by atoms with Crippen LogP contribution in [0.3, 0.4) is 0 Å². The van der Waals surface area contributed by atoms with Crippen molar-refractivity contribution in [2.45, 2.75) is 13.8 Å². The molecule has 0 radical (unpaired) electrons. The first kappa shape index (κ1) is 13.7. The van der Waals surface area contributed by atoms with Crippen molar-refractivity contribution >= 4 is 11.0 Å². The van der Waals surface area contributed by atoms with Crippen LogP contribution in [0.1, 0.15) is 11.3 Å². The zero-order valence-corrected chi connectivity index (χ0v) is 13.2. The zero-order valence-electron chi connectivity index (χ0n) is 13.2. The van der Waals surface area contributed by atoms with Gasteiger partial charge < -0.3 is 0 Å². The molecular formula is C20H17N3. The number of hydrogen-bond donors (Lipinski definition) is 0. The average molecular weight is 299 g/mol. The van der Waals surface area contributed by atoms with Gasteiger partial charge in [0, 0.05) is 11.3 Å². The summed E-state index contributed by atoms with van der Waals surface area (Å²) in [4.78, 5) is 4.76. The molecule has 23 heavy (non-hydrogen) atoms. The smallest absolute Gasteiger partial charge is 0.164 e. The lowest BCUT2D eigenvalue weighted by atomic mass is 10.1. The van der Waals surface area contributed by atoms with Crippen molar-refractivity contribution in [3.8, 4) is 16.9 Å². The van der Waals surface area contributed by atoms with Crippen LogP contribution in [0.15, 0.2) is 66.7 Å². The van der Waals surface area contributed by atoms with Crippen LogP contribution in [0.2, 0.25) is 0 Å². The molecule has 0 aliphatic carbocycles. The highest BCUT2D eigenvalue weighted by atomic mass is 15.3. The standard InChI is InChI=1S/C20H17N3/c1-14-13-15(2)21-20-18(14)19(16-9-5-3-6-10-16)22-23(20)17-11-7-4-8-12-17/h3-13H,1-2H3. The van der Waals surface area contributed by atoms with Crippen LogP contribution in [0.25, 0.3) is 28.0 Å². The fraction of sp³-hybridized carbons (Fsp3) is 0.100. The van der Waals surface area contributed by atoms with Crippen LogP contribution in [-0.4, -0.2) is 14.8 Å². The molecule has 2 aromatic heterocycles. The summed E-state index contributed by atoms with van der Waals surface area (Å²) in [6, 6.07) is 22.6. The molecule has 112 valence electrons. The second-order valence-electron chi connectivity index (χ2n) is 5.74. The Kier molecular flexibility index (Phi) is 3.19. The van der Waals surface area contributed by atoms with Crippen LogP contribution in [0.4, 0.5) is 0 Å². The Morgan fingerprint density at radius 1 is 0.826 bits per heavy atom. The highest BCUT2D eigenvalue weighted by Gasteiger charge is 2.17. The molecule has 2 aromatic carbocycles. The van der Waals surface area contributed by atoms with E-state index in [1.54, 1.807) is 0 Å². The monoisotopic (exact) mass is 299 g/mol. The van der Waals surface area contributed by atoms with Crippen LogP contribution in [0, 0.1) is 13.8 Å². The molecule has 0 spiro atoms. The summed E-state index contributed by atoms with van der Waals surface area (Å²) < 4.78 is 1.94. The van der Waals surface area contributed by atoms with Crippen molar-refractivity contribution in [1.29, 1.82) is 0 Å². The molecule has 0 atom stereocenters. The Labute approximate surface area is 135 Å². The van der Waals surface area contributed by atoms with E-state index in [2.05, 4.69) is 37.3 Å². The van der Waals surface area contributed by atoms with Crippen LogP contribution >= 0.6 is 0 Å². The molecule has 0 saturated carbocycles. The second-order valence-corrected chi connectivity index (χ2v) is 5.74. The van der Waals surface area contributed by atoms with Gasteiger partial charge in [0.1, 0.15) is 5.69 Å². The van der Waals surface area contributed by atoms with E-state index in [-0.39, 0.29) is 0 Å². The summed E-state index contributed by atoms with van der Waals surface area (Å²) in [5.41, 5.74) is 6.24. The van der Waals surface area contributed by atoms with Crippen molar-refractivity contribution in [2.24, 2.45) is 0 Å². The fourth-order valence-corrected chi connectivity index (χ4v) is 3.01. The molecule has 0 unspecified atom stereocenters. The van der Waals surface area contributed by atoms with Gasteiger partial charge in [-0.25, -0.2) is 9.67 Å². The van der Waals surface area contributed by atoms with Gasteiger partial charge in [0.2, 0.25) is 0 Å². The predicted molar refractivity (Wildman–Crippen MR) is 93.8 cm³/mol. The molecule has 0 bridgehead atoms. The number of nitrogens with zero attached hydrogens (tertiary/aromatic N) is 3. The molecule has 3 nitrogen and oxygen atoms in total. The minimum absolute atomic E-state index is 0.910. The van der Waals surface area contributed by atoms with E-state index < -0.39 is 0 Å². The number of pyridine rings is 1. The Morgan fingerprint density at radius 3 is 2.17 bits per heavy atom. The molecule has 0 N–H and O–H groups in total. The topological polar surface area (TPSA) is 30.7 Å². The minimum atomic E-state index is 0.910. The number of aromatic nitrogens is 3. The normalized spacial score (nSPS) is 11.0. The summed E-state index contributed by atoms with van der Waals surface area (Å²) in [5, 5.41) is 6.00. The van der Waals surface area contributed by atoms with Gasteiger partial charge in [-0.3, -0.25) is 0 Å². The van der Waals surface area contributed by atoms with E-state index in [0.29, 0.717) is 0 Å². The van der Waals surface area contributed by atoms with Crippen LogP contribution in [-0.2, 0) is 0 Å². The highest BCUT2D eigenvalue weighted by molar-refractivity contribution is 5.94. The maximum atomic E-state index is 4.89. The van der Waals surface area contributed by atoms with Crippen molar-refractivity contribution in [2.75, 3.05) is 0 Å². The minimum Gasteiger partial charge on any atom is -0.233 e. The third-order valence-corrected chi connectivity index (χ3v) is 4.01. The number of para-hydroxylation sites is 1. The van der Waals surface area contributed by atoms with Gasteiger partial charge in [0.05, 0.1) is 11.1 Å². The first-order chi connectivity index (χ1) is 11.2. The van der Waals surface area contributed by atoms with E-state index in [1.165, 1.54) is 5.56 Å². The Morgan fingerprint density at radius 2 is 1.48 bits per heavy atom. The molecule has 0 aliphatic rings. The van der Waals surface area contributed by atoms with Crippen LogP contribution in [0.5, 0.6) is 0 Å². The molecule has 0 aliphatic heterocycles. The number of aryl methyl sites for hydroxylation is 2. The van der Waals surface area contributed by atoms with Crippen molar-refractivity contribution in [3.63, 3.8) is 0 Å². The van der Waals surface area contributed by atoms with Gasteiger partial charge in [-0.05, 0) is 37.6 Å². The third-order valence-electron chi connectivity index (χ3n) is 4.01. The van der Waals surface area contributed by atoms with E-state index in [9.17, 15) is 0 Å². The van der Waals surface area contributed by atoms with E-state index in [0.717, 1.165) is 33.7 Å². The Balaban J connectivity index is 2.09. The van der Waals surface area contributed by atoms with Gasteiger partial charge in [0.15, 0.2) is 5.65 Å². The van der Waals surface area contributed by atoms with Gasteiger partial charge in [0.25, 0.3) is 0 Å². The summed E-state index contributed by atoms with van der Waals surface area (Å²) in [6.45, 7) is 4.15. The lowest BCUT2D eigenvalue weighted by Crippen LogP contribution is -1.98. The fourth-order valence-electron chi connectivity index (χ4n) is 3.01. The van der Waals surface area contributed by atoms with Gasteiger partial charge in [-0.15, -0.1) is 0 Å². The van der Waals surface area contributed by atoms with Crippen molar-refractivity contribution in [3.05, 3.63) is 78.0 Å². The second kappa shape index (κ2) is 5.36. The van der Waals surface area contributed by atoms with E-state index in [4.69, 9.17) is 10.1 Å². The van der Waals surface area contributed by atoms with Crippen molar-refractivity contribution < 1.29 is 0 Å². The SMILES string of the molecule is Cc1cc(C)c2c(-c3ccccc3)nn(-c3ccccc3)c2n1. The van der Waals surface area contributed by atoms with Gasteiger partial charge >= 0.3 is 0 Å². The van der Waals surface area contributed by atoms with Gasteiger partial charge in [-0.2, -0.15) is 5.10 Å². The number of benzene rings is 2. The summed E-state index contributed by atoms with van der Waals surface area (Å²) >= 11 is 0. The van der Waals surface area contributed by atoms with E-state index >= 15 is 0 Å².